The van der Waals surface area contributed by atoms with Crippen LogP contribution in [-0.4, -0.2) is 36.3 Å². The third kappa shape index (κ3) is 4.65. The van der Waals surface area contributed by atoms with E-state index in [0.29, 0.717) is 17.1 Å². The van der Waals surface area contributed by atoms with E-state index in [-0.39, 0.29) is 11.1 Å². The number of benzene rings is 2. The topological polar surface area (TPSA) is 115 Å². The number of urea groups is 1. The smallest absolute Gasteiger partial charge is 0.333 e. The first-order valence-corrected chi connectivity index (χ1v) is 11.7. The molecule has 0 radical (unpaired) electrons. The highest BCUT2D eigenvalue weighted by Gasteiger charge is 2.22. The molecule has 2 amide bonds. The van der Waals surface area contributed by atoms with Crippen molar-refractivity contribution in [2.45, 2.75) is 24.9 Å². The van der Waals surface area contributed by atoms with Crippen molar-refractivity contribution in [3.05, 3.63) is 67.0 Å². The largest absolute Gasteiger partial charge is 0.481 e. The molecule has 4 rings (SSSR count). The summed E-state index contributed by atoms with van der Waals surface area (Å²) in [4.78, 5) is 16.9. The molecule has 0 aliphatic heterocycles. The number of amides is 2. The number of pyridine rings is 1. The summed E-state index contributed by atoms with van der Waals surface area (Å²) >= 11 is 0. The van der Waals surface area contributed by atoms with Crippen molar-refractivity contribution < 1.29 is 17.9 Å². The minimum absolute atomic E-state index is 0.0154. The van der Waals surface area contributed by atoms with Crippen LogP contribution in [0.3, 0.4) is 0 Å². The molecule has 0 atom stereocenters. The lowest BCUT2D eigenvalue weighted by molar-refractivity contribution is 0.256. The van der Waals surface area contributed by atoms with Crippen LogP contribution in [0.25, 0.3) is 21.9 Å². The standard InChI is InChI=1S/C23H23N5O4S/c1-15(2)28-13-11-21(26-28)33(30,31)27-23(29)25-22-18-7-5-4-6-16(18)8-9-19(22)17-10-12-24-20(14-17)32-3/h4-15H,1-3H3,(H2,25,27,29). The number of fused-ring (bicyclic) bond motifs is 1. The highest BCUT2D eigenvalue weighted by Crippen LogP contribution is 2.35. The van der Waals surface area contributed by atoms with Gasteiger partial charge < -0.3 is 10.1 Å². The van der Waals surface area contributed by atoms with Crippen LogP contribution in [0.15, 0.2) is 72.0 Å². The molecule has 33 heavy (non-hydrogen) atoms. The van der Waals surface area contributed by atoms with Crippen LogP contribution >= 0.6 is 0 Å². The van der Waals surface area contributed by atoms with Gasteiger partial charge in [-0.3, -0.25) is 4.68 Å². The monoisotopic (exact) mass is 465 g/mol. The van der Waals surface area contributed by atoms with E-state index >= 15 is 0 Å². The van der Waals surface area contributed by atoms with E-state index in [9.17, 15) is 13.2 Å². The van der Waals surface area contributed by atoms with Crippen molar-refractivity contribution in [1.29, 1.82) is 0 Å². The van der Waals surface area contributed by atoms with Gasteiger partial charge in [-0.2, -0.15) is 13.5 Å². The van der Waals surface area contributed by atoms with Crippen molar-refractivity contribution in [2.75, 3.05) is 12.4 Å². The molecule has 0 aliphatic rings. The summed E-state index contributed by atoms with van der Waals surface area (Å²) in [5.74, 6) is 0.416. The van der Waals surface area contributed by atoms with Crippen LogP contribution in [-0.2, 0) is 10.0 Å². The molecule has 10 heteroatoms. The first kappa shape index (κ1) is 22.3. The van der Waals surface area contributed by atoms with E-state index in [4.69, 9.17) is 4.74 Å². The number of sulfonamides is 1. The highest BCUT2D eigenvalue weighted by molar-refractivity contribution is 7.90. The second kappa shape index (κ2) is 8.91. The molecule has 2 aromatic carbocycles. The fourth-order valence-electron chi connectivity index (χ4n) is 3.40. The number of hydrogen-bond donors (Lipinski definition) is 2. The molecule has 170 valence electrons. The summed E-state index contributed by atoms with van der Waals surface area (Å²) in [6.45, 7) is 3.75. The third-order valence-corrected chi connectivity index (χ3v) is 6.26. The second-order valence-corrected chi connectivity index (χ2v) is 9.21. The number of rotatable bonds is 6. The van der Waals surface area contributed by atoms with Crippen molar-refractivity contribution >= 4 is 32.5 Å². The van der Waals surface area contributed by atoms with E-state index in [1.165, 1.54) is 17.9 Å². The molecule has 0 saturated carbocycles. The van der Waals surface area contributed by atoms with Gasteiger partial charge in [0.05, 0.1) is 12.8 Å². The summed E-state index contributed by atoms with van der Waals surface area (Å²) in [6, 6.07) is 15.2. The van der Waals surface area contributed by atoms with Crippen molar-refractivity contribution in [3.8, 4) is 17.0 Å². The summed E-state index contributed by atoms with van der Waals surface area (Å²) in [5.41, 5.74) is 1.90. The van der Waals surface area contributed by atoms with E-state index in [1.807, 2.05) is 55.0 Å². The zero-order chi connectivity index (χ0) is 23.6. The Labute approximate surface area is 191 Å². The maximum atomic E-state index is 12.8. The number of ether oxygens (including phenoxy) is 1. The number of methoxy groups -OCH3 is 1. The Morgan fingerprint density at radius 3 is 2.61 bits per heavy atom. The van der Waals surface area contributed by atoms with Gasteiger partial charge in [0.15, 0.2) is 5.03 Å². The fraction of sp³-hybridized carbons (Fsp3) is 0.174. The van der Waals surface area contributed by atoms with Gasteiger partial charge >= 0.3 is 6.03 Å². The fourth-order valence-corrected chi connectivity index (χ4v) is 4.24. The normalized spacial score (nSPS) is 11.5. The van der Waals surface area contributed by atoms with Crippen LogP contribution < -0.4 is 14.8 Å². The van der Waals surface area contributed by atoms with Crippen LogP contribution in [0.5, 0.6) is 5.88 Å². The maximum absolute atomic E-state index is 12.8. The summed E-state index contributed by atoms with van der Waals surface area (Å²) in [7, 11) is -2.64. The summed E-state index contributed by atoms with van der Waals surface area (Å²) in [5, 5.41) is 8.17. The lowest BCUT2D eigenvalue weighted by Gasteiger charge is -2.15. The van der Waals surface area contributed by atoms with Crippen molar-refractivity contribution in [3.63, 3.8) is 0 Å². The van der Waals surface area contributed by atoms with Gasteiger partial charge in [0, 0.05) is 35.5 Å². The van der Waals surface area contributed by atoms with Crippen LogP contribution in [0.4, 0.5) is 10.5 Å². The Balaban J connectivity index is 1.70. The molecule has 2 aromatic heterocycles. The molecule has 4 aromatic rings. The lowest BCUT2D eigenvalue weighted by atomic mass is 9.99. The molecule has 0 unspecified atom stereocenters. The first-order chi connectivity index (χ1) is 15.8. The molecule has 9 nitrogen and oxygen atoms in total. The SMILES string of the molecule is COc1cc(-c2ccc3ccccc3c2NC(=O)NS(=O)(=O)c2ccn(C(C)C)n2)ccn1. The Kier molecular flexibility index (Phi) is 6.01. The number of nitrogens with one attached hydrogen (secondary N) is 2. The summed E-state index contributed by atoms with van der Waals surface area (Å²) < 4.78 is 34.2. The zero-order valence-electron chi connectivity index (χ0n) is 18.3. The molecule has 0 fully saturated rings. The molecule has 0 aliphatic carbocycles. The quantitative estimate of drug-likeness (QED) is 0.441. The Hall–Kier alpha value is -3.92. The minimum atomic E-state index is -4.16. The Morgan fingerprint density at radius 2 is 1.88 bits per heavy atom. The van der Waals surface area contributed by atoms with E-state index in [0.717, 1.165) is 16.3 Å². The molecule has 0 saturated heterocycles. The molecular weight excluding hydrogens is 442 g/mol. The zero-order valence-corrected chi connectivity index (χ0v) is 19.1. The highest BCUT2D eigenvalue weighted by atomic mass is 32.2. The maximum Gasteiger partial charge on any atom is 0.333 e. The number of nitrogens with zero attached hydrogens (tertiary/aromatic N) is 3. The number of hydrogen-bond acceptors (Lipinski definition) is 6. The van der Waals surface area contributed by atoms with Crippen molar-refractivity contribution in [1.82, 2.24) is 19.5 Å². The van der Waals surface area contributed by atoms with Crippen LogP contribution in [0.2, 0.25) is 0 Å². The Morgan fingerprint density at radius 1 is 1.09 bits per heavy atom. The molecule has 2 heterocycles. The Bertz CT molecular complexity index is 1430. The van der Waals surface area contributed by atoms with Gasteiger partial charge in [0.1, 0.15) is 0 Å². The average molecular weight is 466 g/mol. The summed E-state index contributed by atoms with van der Waals surface area (Å²) in [6.07, 6.45) is 3.15. The van der Waals surface area contributed by atoms with Gasteiger partial charge in [-0.1, -0.05) is 36.4 Å². The molecular formula is C23H23N5O4S. The lowest BCUT2D eigenvalue weighted by Crippen LogP contribution is -2.34. The van der Waals surface area contributed by atoms with E-state index < -0.39 is 16.1 Å². The number of carbonyl (C=O) groups excluding carboxylic acids is 1. The van der Waals surface area contributed by atoms with E-state index in [2.05, 4.69) is 15.4 Å². The second-order valence-electron chi connectivity index (χ2n) is 7.58. The van der Waals surface area contributed by atoms with Crippen LogP contribution in [0.1, 0.15) is 19.9 Å². The van der Waals surface area contributed by atoms with Gasteiger partial charge in [0.25, 0.3) is 10.0 Å². The van der Waals surface area contributed by atoms with Crippen molar-refractivity contribution in [2.24, 2.45) is 0 Å². The van der Waals surface area contributed by atoms with E-state index in [1.54, 1.807) is 24.5 Å². The van der Waals surface area contributed by atoms with Gasteiger partial charge in [-0.05, 0) is 36.9 Å². The molecule has 2 N–H and O–H groups in total. The predicted octanol–water partition coefficient (Wildman–Crippen LogP) is 4.20. The number of aromatic nitrogens is 3. The van der Waals surface area contributed by atoms with Crippen LogP contribution in [0, 0.1) is 0 Å². The first-order valence-electron chi connectivity index (χ1n) is 10.2. The molecule has 0 bridgehead atoms. The molecule has 0 spiro atoms. The van der Waals surface area contributed by atoms with Gasteiger partial charge in [-0.25, -0.2) is 14.5 Å². The third-order valence-electron chi connectivity index (χ3n) is 5.04. The average Bonchev–Trinajstić information content (AvgIpc) is 3.31. The predicted molar refractivity (Wildman–Crippen MR) is 126 cm³/mol. The van der Waals surface area contributed by atoms with Gasteiger partial charge in [0.2, 0.25) is 5.88 Å². The minimum Gasteiger partial charge on any atom is -0.481 e. The number of carbonyl (C=O) groups is 1. The van der Waals surface area contributed by atoms with Gasteiger partial charge in [-0.15, -0.1) is 0 Å². The number of anilines is 1.